The Morgan fingerprint density at radius 3 is 2.27 bits per heavy atom. The molecule has 9 heteroatoms. The molecule has 0 bridgehead atoms. The fourth-order valence-electron chi connectivity index (χ4n) is 3.04. The van der Waals surface area contributed by atoms with Gasteiger partial charge in [0.1, 0.15) is 5.82 Å². The lowest BCUT2D eigenvalue weighted by Gasteiger charge is -2.18. The number of nitrogens with one attached hydrogen (secondary N) is 1. The molecule has 0 radical (unpaired) electrons. The Labute approximate surface area is 125 Å². The number of fused-ring (bicyclic) bond motifs is 1. The molecule has 0 spiro atoms. The molecule has 1 aromatic rings. The maximum atomic E-state index is 13.3. The second-order valence-electron chi connectivity index (χ2n) is 5.64. The van der Waals surface area contributed by atoms with E-state index in [1.807, 2.05) is 0 Å². The minimum Gasteiger partial charge on any atom is -0.316 e. The Bertz CT molecular complexity index is 678. The zero-order valence-corrected chi connectivity index (χ0v) is 12.2. The van der Waals surface area contributed by atoms with E-state index in [0.29, 0.717) is 25.2 Å². The Balaban J connectivity index is 1.93. The number of hydrogen-bond donors (Lipinski definition) is 1. The number of nitrogens with zero attached hydrogens (tertiary/aromatic N) is 1. The summed E-state index contributed by atoms with van der Waals surface area (Å²) >= 11 is 0. The molecule has 2 saturated heterocycles. The van der Waals surface area contributed by atoms with Crippen molar-refractivity contribution in [3.05, 3.63) is 29.6 Å². The van der Waals surface area contributed by atoms with Gasteiger partial charge in [0.15, 0.2) is 0 Å². The van der Waals surface area contributed by atoms with Gasteiger partial charge in [0.05, 0.1) is 10.5 Å². The molecule has 2 aliphatic heterocycles. The number of rotatable bonds is 2. The van der Waals surface area contributed by atoms with Gasteiger partial charge in [0.2, 0.25) is 10.0 Å². The quantitative estimate of drug-likeness (QED) is 0.835. The summed E-state index contributed by atoms with van der Waals surface area (Å²) in [7, 11) is -4.04. The normalized spacial score (nSPS) is 26.4. The largest absolute Gasteiger partial charge is 0.419 e. The maximum Gasteiger partial charge on any atom is 0.419 e. The highest BCUT2D eigenvalue weighted by Crippen LogP contribution is 2.35. The van der Waals surface area contributed by atoms with Crippen LogP contribution in [0.4, 0.5) is 17.6 Å². The number of alkyl halides is 3. The van der Waals surface area contributed by atoms with Gasteiger partial charge in [-0.3, -0.25) is 0 Å². The lowest BCUT2D eigenvalue weighted by molar-refractivity contribution is -0.140. The van der Waals surface area contributed by atoms with Gasteiger partial charge in [-0.15, -0.1) is 0 Å². The van der Waals surface area contributed by atoms with Crippen molar-refractivity contribution >= 4 is 10.0 Å². The third kappa shape index (κ3) is 2.61. The lowest BCUT2D eigenvalue weighted by Crippen LogP contribution is -2.32. The van der Waals surface area contributed by atoms with E-state index in [9.17, 15) is 26.0 Å². The number of halogens is 4. The SMILES string of the molecule is O=S(=O)(c1ccc(F)c(C(F)(F)F)c1)N1C[C@H]2CNC[C@H]2C1. The van der Waals surface area contributed by atoms with E-state index < -0.39 is 32.5 Å². The summed E-state index contributed by atoms with van der Waals surface area (Å²) in [5.41, 5.74) is -1.56. The summed E-state index contributed by atoms with van der Waals surface area (Å²) in [4.78, 5) is -0.519. The summed E-state index contributed by atoms with van der Waals surface area (Å²) in [6.45, 7) is 1.96. The molecule has 4 nitrogen and oxygen atoms in total. The smallest absolute Gasteiger partial charge is 0.316 e. The molecule has 3 rings (SSSR count). The fraction of sp³-hybridized carbons (Fsp3) is 0.538. The Kier molecular flexibility index (Phi) is 3.69. The molecule has 0 amide bonds. The first-order valence-corrected chi connectivity index (χ1v) is 8.21. The molecule has 0 aromatic heterocycles. The number of hydrogen-bond acceptors (Lipinski definition) is 3. The van der Waals surface area contributed by atoms with Crippen LogP contribution in [0.3, 0.4) is 0 Å². The molecule has 0 saturated carbocycles. The van der Waals surface area contributed by atoms with Gasteiger partial charge in [0, 0.05) is 13.1 Å². The van der Waals surface area contributed by atoms with Crippen LogP contribution in [-0.4, -0.2) is 38.9 Å². The predicted octanol–water partition coefficient (Wildman–Crippen LogP) is 1.68. The van der Waals surface area contributed by atoms with Crippen LogP contribution in [0.2, 0.25) is 0 Å². The molecule has 2 heterocycles. The molecule has 0 unspecified atom stereocenters. The van der Waals surface area contributed by atoms with E-state index in [1.54, 1.807) is 0 Å². The molecule has 0 aliphatic carbocycles. The lowest BCUT2D eigenvalue weighted by atomic mass is 10.0. The summed E-state index contributed by atoms with van der Waals surface area (Å²) < 4.78 is 77.6. The van der Waals surface area contributed by atoms with Crippen LogP contribution < -0.4 is 5.32 Å². The van der Waals surface area contributed by atoms with Gasteiger partial charge in [-0.2, -0.15) is 17.5 Å². The van der Waals surface area contributed by atoms with Crippen LogP contribution in [0, 0.1) is 17.7 Å². The van der Waals surface area contributed by atoms with Crippen molar-refractivity contribution in [1.29, 1.82) is 0 Å². The van der Waals surface area contributed by atoms with Crippen molar-refractivity contribution in [2.75, 3.05) is 26.2 Å². The van der Waals surface area contributed by atoms with Crippen LogP contribution in [0.1, 0.15) is 5.56 Å². The van der Waals surface area contributed by atoms with Crippen molar-refractivity contribution in [2.45, 2.75) is 11.1 Å². The van der Waals surface area contributed by atoms with Gasteiger partial charge < -0.3 is 5.32 Å². The van der Waals surface area contributed by atoms with Crippen molar-refractivity contribution in [1.82, 2.24) is 9.62 Å². The Morgan fingerprint density at radius 2 is 1.73 bits per heavy atom. The van der Waals surface area contributed by atoms with E-state index >= 15 is 0 Å². The van der Waals surface area contributed by atoms with E-state index in [1.165, 1.54) is 4.31 Å². The predicted molar refractivity (Wildman–Crippen MR) is 70.0 cm³/mol. The van der Waals surface area contributed by atoms with Gasteiger partial charge in [0.25, 0.3) is 0 Å². The molecular weight excluding hydrogens is 324 g/mol. The highest BCUT2D eigenvalue weighted by atomic mass is 32.2. The highest BCUT2D eigenvalue weighted by molar-refractivity contribution is 7.89. The zero-order valence-electron chi connectivity index (χ0n) is 11.4. The summed E-state index contributed by atoms with van der Waals surface area (Å²) in [5.74, 6) is -1.12. The summed E-state index contributed by atoms with van der Waals surface area (Å²) in [6.07, 6.45) is -4.93. The van der Waals surface area contributed by atoms with Gasteiger partial charge in [-0.25, -0.2) is 12.8 Å². The van der Waals surface area contributed by atoms with Gasteiger partial charge in [-0.1, -0.05) is 0 Å². The first kappa shape index (κ1) is 15.7. The third-order valence-electron chi connectivity index (χ3n) is 4.24. The fourth-order valence-corrected chi connectivity index (χ4v) is 4.62. The first-order valence-electron chi connectivity index (χ1n) is 6.77. The van der Waals surface area contributed by atoms with E-state index in [0.717, 1.165) is 6.07 Å². The average Bonchev–Trinajstić information content (AvgIpc) is 2.98. The highest BCUT2D eigenvalue weighted by Gasteiger charge is 2.42. The average molecular weight is 338 g/mol. The Hall–Kier alpha value is -1.19. The van der Waals surface area contributed by atoms with Crippen molar-refractivity contribution < 1.29 is 26.0 Å². The zero-order chi connectivity index (χ0) is 16.1. The number of benzene rings is 1. The van der Waals surface area contributed by atoms with E-state index in [2.05, 4.69) is 5.32 Å². The molecule has 1 aromatic carbocycles. The molecule has 122 valence electrons. The minimum atomic E-state index is -4.93. The molecule has 2 aliphatic rings. The van der Waals surface area contributed by atoms with Crippen LogP contribution >= 0.6 is 0 Å². The molecular formula is C13H14F4N2O2S. The first-order chi connectivity index (χ1) is 10.2. The van der Waals surface area contributed by atoms with Crippen LogP contribution in [0.25, 0.3) is 0 Å². The van der Waals surface area contributed by atoms with Crippen LogP contribution in [-0.2, 0) is 16.2 Å². The molecule has 2 atom stereocenters. The molecule has 1 N–H and O–H groups in total. The summed E-state index contributed by atoms with van der Waals surface area (Å²) in [5, 5.41) is 3.15. The van der Waals surface area contributed by atoms with Crippen molar-refractivity contribution in [3.63, 3.8) is 0 Å². The van der Waals surface area contributed by atoms with E-state index in [4.69, 9.17) is 0 Å². The molecule has 22 heavy (non-hydrogen) atoms. The monoisotopic (exact) mass is 338 g/mol. The maximum absolute atomic E-state index is 13.3. The van der Waals surface area contributed by atoms with Gasteiger partial charge in [-0.05, 0) is 43.1 Å². The topological polar surface area (TPSA) is 49.4 Å². The van der Waals surface area contributed by atoms with E-state index in [-0.39, 0.29) is 24.9 Å². The second kappa shape index (κ2) is 5.17. The third-order valence-corrected chi connectivity index (χ3v) is 6.06. The summed E-state index contributed by atoms with van der Waals surface area (Å²) in [6, 6.07) is 1.80. The Morgan fingerprint density at radius 1 is 1.14 bits per heavy atom. The van der Waals surface area contributed by atoms with Crippen molar-refractivity contribution in [2.24, 2.45) is 11.8 Å². The molecule has 2 fully saturated rings. The van der Waals surface area contributed by atoms with Gasteiger partial charge >= 0.3 is 6.18 Å². The van der Waals surface area contributed by atoms with Crippen molar-refractivity contribution in [3.8, 4) is 0 Å². The van der Waals surface area contributed by atoms with Crippen LogP contribution in [0.5, 0.6) is 0 Å². The number of sulfonamides is 1. The second-order valence-corrected chi connectivity index (χ2v) is 7.58. The standard InChI is InChI=1S/C13H14F4N2O2S/c14-12-2-1-10(3-11(12)13(15,16)17)22(20,21)19-6-8-4-18-5-9(8)7-19/h1-3,8-9,18H,4-7H2/t8-,9+. The van der Waals surface area contributed by atoms with Crippen LogP contribution in [0.15, 0.2) is 23.1 Å². The minimum absolute atomic E-state index is 0.178.